The van der Waals surface area contributed by atoms with Crippen LogP contribution in [0.15, 0.2) is 119 Å². The maximum Gasteiger partial charge on any atom is 0.455 e. The van der Waals surface area contributed by atoms with Crippen molar-refractivity contribution in [3.63, 3.8) is 0 Å². The van der Waals surface area contributed by atoms with Crippen molar-refractivity contribution in [1.82, 2.24) is 9.88 Å². The second-order valence-electron chi connectivity index (χ2n) is 15.9. The third-order valence-corrected chi connectivity index (χ3v) is 17.0. The van der Waals surface area contributed by atoms with E-state index in [9.17, 15) is 24.5 Å². The topological polar surface area (TPSA) is 135 Å². The minimum absolute atomic E-state index is 0.0681. The molecule has 3 aromatic carbocycles. The van der Waals surface area contributed by atoms with Crippen LogP contribution < -0.4 is 10.4 Å². The van der Waals surface area contributed by atoms with Crippen LogP contribution >= 0.6 is 15.9 Å². The number of carbonyl (C=O) groups excluding carboxylic acids is 3. The number of carbonyl (C=O) groups is 3. The van der Waals surface area contributed by atoms with Crippen LogP contribution in [0.5, 0.6) is 5.75 Å². The lowest BCUT2D eigenvalue weighted by atomic mass is 9.58. The first-order valence-corrected chi connectivity index (χ1v) is 21.9. The number of rotatable bonds is 10. The molecule has 0 bridgehead atoms. The zero-order valence-electron chi connectivity index (χ0n) is 32.4. The Bertz CT molecular complexity index is 2160. The Labute approximate surface area is 343 Å². The van der Waals surface area contributed by atoms with Crippen molar-refractivity contribution >= 4 is 71.3 Å². The number of nitrogens with zero attached hydrogens (tertiary/aromatic N) is 2. The van der Waals surface area contributed by atoms with Crippen LogP contribution in [-0.2, 0) is 23.4 Å². The molecule has 4 atom stereocenters. The van der Waals surface area contributed by atoms with Crippen molar-refractivity contribution in [3.05, 3.63) is 130 Å². The van der Waals surface area contributed by atoms with Crippen LogP contribution in [0.4, 0.5) is 4.79 Å². The first kappa shape index (κ1) is 40.5. The first-order valence-electron chi connectivity index (χ1n) is 19.2. The van der Waals surface area contributed by atoms with Gasteiger partial charge in [-0.25, -0.2) is 4.79 Å². The summed E-state index contributed by atoms with van der Waals surface area (Å²) in [6.45, 7) is 6.73. The van der Waals surface area contributed by atoms with E-state index in [1.165, 1.54) is 0 Å². The third-order valence-electron chi connectivity index (χ3n) is 11.5. The van der Waals surface area contributed by atoms with E-state index in [0.29, 0.717) is 29.0 Å². The van der Waals surface area contributed by atoms with E-state index in [1.807, 2.05) is 66.7 Å². The molecule has 0 unspecified atom stereocenters. The van der Waals surface area contributed by atoms with E-state index in [4.69, 9.17) is 13.8 Å². The lowest BCUT2D eigenvalue weighted by Crippen LogP contribution is -2.66. The van der Waals surface area contributed by atoms with E-state index < -0.39 is 57.2 Å². The van der Waals surface area contributed by atoms with Gasteiger partial charge in [-0.3, -0.25) is 14.6 Å². The lowest BCUT2D eigenvalue weighted by molar-refractivity contribution is -0.137. The highest BCUT2D eigenvalue weighted by Gasteiger charge is 2.60. The predicted molar refractivity (Wildman–Crippen MR) is 225 cm³/mol. The summed E-state index contributed by atoms with van der Waals surface area (Å²) in [6.07, 6.45) is 2.96. The van der Waals surface area contributed by atoms with Crippen molar-refractivity contribution in [3.8, 4) is 5.75 Å². The number of likely N-dealkylation sites (tertiary alicyclic amines) is 1. The van der Waals surface area contributed by atoms with Gasteiger partial charge in [0.15, 0.2) is 0 Å². The number of pyridine rings is 1. The molecule has 0 spiro atoms. The van der Waals surface area contributed by atoms with Gasteiger partial charge in [-0.2, -0.15) is 4.90 Å². The van der Waals surface area contributed by atoms with Crippen molar-refractivity contribution in [2.45, 2.75) is 57.5 Å². The van der Waals surface area contributed by atoms with Crippen molar-refractivity contribution in [1.29, 1.82) is 0 Å². The normalized spacial score (nSPS) is 21.4. The van der Waals surface area contributed by atoms with Gasteiger partial charge in [-0.15, -0.1) is 0 Å². The van der Waals surface area contributed by atoms with Crippen molar-refractivity contribution in [2.75, 3.05) is 13.7 Å². The number of methoxy groups -OCH3 is 1. The van der Waals surface area contributed by atoms with Gasteiger partial charge in [0.05, 0.1) is 37.4 Å². The van der Waals surface area contributed by atoms with Crippen LogP contribution in [-0.4, -0.2) is 73.2 Å². The summed E-state index contributed by atoms with van der Waals surface area (Å²) in [4.78, 5) is 46.1. The molecule has 2 aliphatic heterocycles. The minimum Gasteiger partial charge on any atom is -0.507 e. The molecule has 2 saturated heterocycles. The Morgan fingerprint density at radius 1 is 0.982 bits per heavy atom. The monoisotopic (exact) mass is 848 g/mol. The average Bonchev–Trinajstić information content (AvgIpc) is 3.46. The summed E-state index contributed by atoms with van der Waals surface area (Å²) in [7, 11) is -3.15. The molecule has 2 N–H and O–H groups in total. The molecule has 294 valence electrons. The van der Waals surface area contributed by atoms with Crippen LogP contribution in [0.25, 0.3) is 11.6 Å². The molecule has 1 aromatic heterocycles. The number of aromatic hydroxyl groups is 1. The fraction of sp³-hybridized carbons (Fsp3) is 0.318. The number of halogens is 1. The zero-order chi connectivity index (χ0) is 40.5. The van der Waals surface area contributed by atoms with Gasteiger partial charge in [0.1, 0.15) is 5.75 Å². The highest BCUT2D eigenvalue weighted by molar-refractivity contribution is 9.10. The van der Waals surface area contributed by atoms with Gasteiger partial charge in [0, 0.05) is 16.2 Å². The third kappa shape index (κ3) is 7.83. The molecular weight excluding hydrogens is 803 g/mol. The quantitative estimate of drug-likeness (QED) is 0.0982. The minimum atomic E-state index is -3.07. The summed E-state index contributed by atoms with van der Waals surface area (Å²) in [6, 6.07) is 31.4. The smallest absolute Gasteiger partial charge is 0.455 e. The molecular formula is C44H46BBrN2O8Si. The number of aromatic nitrogens is 1. The second-order valence-corrected chi connectivity index (χ2v) is 21.1. The van der Waals surface area contributed by atoms with Gasteiger partial charge in [-0.05, 0) is 100 Å². The highest BCUT2D eigenvalue weighted by atomic mass is 79.9. The Kier molecular flexibility index (Phi) is 11.9. The SMILES string of the molecule is COC(=O)N1C(=O)[C@@H]2[C@@H](CC(CO[Si](c3ccccc3)(c3ccccc3)C(C)(C)C)=C3[C@@H](CC/C(=C/c4cc(Br)ccc4O)c4ccccn4)OB(O)C[C@@H]32)C1=O. The molecule has 1 aliphatic carbocycles. The van der Waals surface area contributed by atoms with E-state index in [2.05, 4.69) is 66.0 Å². The van der Waals surface area contributed by atoms with Crippen molar-refractivity contribution < 1.29 is 38.3 Å². The lowest BCUT2D eigenvalue weighted by Gasteiger charge is -2.46. The largest absolute Gasteiger partial charge is 0.507 e. The van der Waals surface area contributed by atoms with Crippen LogP contribution in [0.2, 0.25) is 11.4 Å². The maximum absolute atomic E-state index is 14.0. The Morgan fingerprint density at radius 3 is 2.26 bits per heavy atom. The predicted octanol–water partition coefficient (Wildman–Crippen LogP) is 7.01. The van der Waals surface area contributed by atoms with Gasteiger partial charge < -0.3 is 23.9 Å². The number of fused-ring (bicyclic) bond motifs is 3. The summed E-state index contributed by atoms with van der Waals surface area (Å²) < 4.78 is 19.5. The molecule has 7 rings (SSSR count). The average molecular weight is 850 g/mol. The molecule has 0 radical (unpaired) electrons. The second kappa shape index (κ2) is 16.7. The number of hydrogen-bond acceptors (Lipinski definition) is 9. The summed E-state index contributed by atoms with van der Waals surface area (Å²) in [5.41, 5.74) is 3.78. The molecule has 13 heteroatoms. The fourth-order valence-electron chi connectivity index (χ4n) is 9.07. The van der Waals surface area contributed by atoms with Gasteiger partial charge in [0.2, 0.25) is 11.8 Å². The molecule has 4 aromatic rings. The Balaban J connectivity index is 1.33. The number of amides is 3. The summed E-state index contributed by atoms with van der Waals surface area (Å²) >= 11 is 3.51. The van der Waals surface area contributed by atoms with Gasteiger partial charge >= 0.3 is 13.2 Å². The maximum atomic E-state index is 14.0. The van der Waals surface area contributed by atoms with Gasteiger partial charge in [0.25, 0.3) is 8.32 Å². The summed E-state index contributed by atoms with van der Waals surface area (Å²) in [5, 5.41) is 23.9. The number of hydrogen-bond donors (Lipinski definition) is 2. The van der Waals surface area contributed by atoms with E-state index in [1.54, 1.807) is 18.3 Å². The Morgan fingerprint density at radius 2 is 1.65 bits per heavy atom. The molecule has 57 heavy (non-hydrogen) atoms. The molecule has 2 fully saturated rings. The summed E-state index contributed by atoms with van der Waals surface area (Å²) in [5.74, 6) is -3.44. The first-order chi connectivity index (χ1) is 27.3. The number of allylic oxidation sites excluding steroid dienone is 1. The van der Waals surface area contributed by atoms with Crippen LogP contribution in [0.3, 0.4) is 0 Å². The number of benzene rings is 3. The number of ether oxygens (including phenoxy) is 1. The van der Waals surface area contributed by atoms with Crippen molar-refractivity contribution in [2.24, 2.45) is 17.8 Å². The Hall–Kier alpha value is -4.66. The number of phenolic OH excluding ortho intramolecular Hbond substituents is 1. The van der Waals surface area contributed by atoms with E-state index in [0.717, 1.165) is 38.7 Å². The number of imide groups is 3. The molecule has 3 aliphatic rings. The standard InChI is InChI=1S/C44H46BBrN2O8Si/c1-44(2,3)57(32-13-7-5-8-14-32,33-15-9-6-10-16-33)55-27-30-25-34-40(42(51)48(41(34)50)43(52)54-4)35-26-45(53)56-38(39(30)35)21-18-28(36-17-11-12-22-47-36)23-29-24-31(46)19-20-37(29)49/h5-17,19-20,22-24,34-35,38,40,49,53H,18,21,25-27H2,1-4H3/b28-23-/t34-,35+,38-,40-/m1/s1. The molecule has 3 heterocycles. The number of phenols is 1. The van der Waals surface area contributed by atoms with Crippen LogP contribution in [0.1, 0.15) is 51.3 Å². The van der Waals surface area contributed by atoms with Gasteiger partial charge in [-0.1, -0.05) is 103 Å². The molecule has 10 nitrogen and oxygen atoms in total. The van der Waals surface area contributed by atoms with E-state index in [-0.39, 0.29) is 30.1 Å². The molecule has 0 saturated carbocycles. The van der Waals surface area contributed by atoms with Crippen LogP contribution in [0, 0.1) is 17.8 Å². The molecule has 3 amide bonds. The van der Waals surface area contributed by atoms with E-state index >= 15 is 0 Å². The zero-order valence-corrected chi connectivity index (χ0v) is 35.0. The highest BCUT2D eigenvalue weighted by Crippen LogP contribution is 2.51. The fourth-order valence-corrected chi connectivity index (χ4v) is 14.0.